The number of nitrogens with zero attached hydrogens (tertiary/aromatic N) is 6. The Kier molecular flexibility index (Phi) is 4.77. The van der Waals surface area contributed by atoms with Gasteiger partial charge in [0.05, 0.1) is 5.69 Å². The van der Waals surface area contributed by atoms with Crippen LogP contribution < -0.4 is 16.1 Å². The van der Waals surface area contributed by atoms with E-state index < -0.39 is 0 Å². The number of rotatable bonds is 3. The monoisotopic (exact) mass is 402 g/mol. The van der Waals surface area contributed by atoms with Crippen LogP contribution in [0.2, 0.25) is 0 Å². The molecule has 25 heavy (non-hydrogen) atoms. The molecule has 2 aromatic carbocycles. The number of hydrogen-bond donors (Lipinski definition) is 2. The second kappa shape index (κ2) is 6.99. The summed E-state index contributed by atoms with van der Waals surface area (Å²) in [6, 6.07) is 19.9. The lowest BCUT2D eigenvalue weighted by atomic mass is 10.2. The van der Waals surface area contributed by atoms with E-state index >= 15 is 0 Å². The highest BCUT2D eigenvalue weighted by molar-refractivity contribution is 8.93. The third-order valence-electron chi connectivity index (χ3n) is 3.76. The Morgan fingerprint density at radius 1 is 0.880 bits per heavy atom. The van der Waals surface area contributed by atoms with E-state index in [-0.39, 0.29) is 17.0 Å². The largest absolute Gasteiger partial charge is 0.276 e. The van der Waals surface area contributed by atoms with Gasteiger partial charge in [-0.1, -0.05) is 53.8 Å². The van der Waals surface area contributed by atoms with Gasteiger partial charge in [-0.25, -0.2) is 0 Å². The minimum atomic E-state index is 0. The molecule has 130 valence electrons. The van der Waals surface area contributed by atoms with Gasteiger partial charge in [-0.15, -0.1) is 32.7 Å². The second-order valence-electron chi connectivity index (χ2n) is 5.44. The highest BCUT2D eigenvalue weighted by Gasteiger charge is 2.32. The van der Waals surface area contributed by atoms with Crippen molar-refractivity contribution in [3.63, 3.8) is 0 Å². The number of hydrazine groups is 5. The number of hydrogen-bond acceptors (Lipinski definition) is 8. The van der Waals surface area contributed by atoms with E-state index in [0.717, 1.165) is 22.9 Å². The van der Waals surface area contributed by atoms with Crippen molar-refractivity contribution in [1.82, 2.24) is 26.4 Å². The lowest BCUT2D eigenvalue weighted by Crippen LogP contribution is -2.55. The second-order valence-corrected chi connectivity index (χ2v) is 5.44. The number of amidine groups is 2. The van der Waals surface area contributed by atoms with Gasteiger partial charge in [0.1, 0.15) is 5.84 Å². The third kappa shape index (κ3) is 3.24. The molecule has 0 amide bonds. The fourth-order valence-electron chi connectivity index (χ4n) is 2.40. The summed E-state index contributed by atoms with van der Waals surface area (Å²) in [5.74, 6) is 1.58. The number of hydrazone groups is 2. The molecule has 2 aliphatic rings. The molecule has 0 bridgehead atoms. The van der Waals surface area contributed by atoms with E-state index in [1.54, 1.807) is 10.5 Å². The maximum absolute atomic E-state index is 4.66. The molecule has 2 heterocycles. The van der Waals surface area contributed by atoms with Gasteiger partial charge in [-0.3, -0.25) is 10.4 Å². The quantitative estimate of drug-likeness (QED) is 0.819. The van der Waals surface area contributed by atoms with E-state index in [9.17, 15) is 0 Å². The van der Waals surface area contributed by atoms with Gasteiger partial charge in [-0.05, 0) is 24.3 Å². The fraction of sp³-hybridized carbons (Fsp3) is 0.125. The molecule has 2 aromatic rings. The van der Waals surface area contributed by atoms with E-state index in [1.165, 1.54) is 0 Å². The van der Waals surface area contributed by atoms with Crippen LogP contribution in [0.1, 0.15) is 12.5 Å². The SMILES string of the molecule is Br.CC1=NN(N2N=C(c3ccccc3)NN2c2ccccc2)NN1C. The van der Waals surface area contributed by atoms with Gasteiger partial charge in [0.25, 0.3) is 0 Å². The summed E-state index contributed by atoms with van der Waals surface area (Å²) in [6.07, 6.45) is 0. The number of para-hydroxylation sites is 1. The van der Waals surface area contributed by atoms with E-state index in [2.05, 4.69) is 21.2 Å². The highest BCUT2D eigenvalue weighted by Crippen LogP contribution is 2.21. The number of anilines is 1. The van der Waals surface area contributed by atoms with E-state index in [0.29, 0.717) is 0 Å². The number of nitrogens with one attached hydrogen (secondary N) is 2. The van der Waals surface area contributed by atoms with Gasteiger partial charge < -0.3 is 0 Å². The van der Waals surface area contributed by atoms with Gasteiger partial charge in [-0.2, -0.15) is 5.12 Å². The minimum absolute atomic E-state index is 0. The zero-order valence-corrected chi connectivity index (χ0v) is 15.6. The van der Waals surface area contributed by atoms with Crippen molar-refractivity contribution in [1.29, 1.82) is 0 Å². The molecular formula is C16H19BrN8. The summed E-state index contributed by atoms with van der Waals surface area (Å²) in [5.41, 5.74) is 8.37. The summed E-state index contributed by atoms with van der Waals surface area (Å²) in [6.45, 7) is 1.92. The summed E-state index contributed by atoms with van der Waals surface area (Å²) < 4.78 is 0. The van der Waals surface area contributed by atoms with Crippen LogP contribution in [0.15, 0.2) is 70.9 Å². The summed E-state index contributed by atoms with van der Waals surface area (Å²) in [5, 5.41) is 16.0. The molecular weight excluding hydrogens is 384 g/mol. The normalized spacial score (nSPS) is 16.4. The molecule has 0 spiro atoms. The minimum Gasteiger partial charge on any atom is -0.276 e. The Morgan fingerprint density at radius 2 is 1.52 bits per heavy atom. The Balaban J connectivity index is 0.00000182. The van der Waals surface area contributed by atoms with Gasteiger partial charge >= 0.3 is 0 Å². The Hall–Kier alpha value is -2.78. The highest BCUT2D eigenvalue weighted by atomic mass is 79.9. The van der Waals surface area contributed by atoms with E-state index in [4.69, 9.17) is 0 Å². The van der Waals surface area contributed by atoms with E-state index in [1.807, 2.05) is 84.8 Å². The molecule has 8 nitrogen and oxygen atoms in total. The number of benzene rings is 2. The topological polar surface area (TPSA) is 61.7 Å². The van der Waals surface area contributed by atoms with Gasteiger partial charge in [0.15, 0.2) is 5.84 Å². The van der Waals surface area contributed by atoms with Crippen molar-refractivity contribution in [3.8, 4) is 0 Å². The molecule has 0 radical (unpaired) electrons. The Bertz CT molecular complexity index is 779. The van der Waals surface area contributed by atoms with Crippen molar-refractivity contribution < 1.29 is 0 Å². The van der Waals surface area contributed by atoms with Crippen LogP contribution in [0.4, 0.5) is 5.69 Å². The third-order valence-corrected chi connectivity index (χ3v) is 3.76. The molecule has 0 atom stereocenters. The lowest BCUT2D eigenvalue weighted by Gasteiger charge is -2.31. The van der Waals surface area contributed by atoms with Crippen molar-refractivity contribution in [3.05, 3.63) is 66.2 Å². The van der Waals surface area contributed by atoms with Crippen LogP contribution >= 0.6 is 17.0 Å². The summed E-state index contributed by atoms with van der Waals surface area (Å²) in [7, 11) is 1.90. The molecule has 0 fully saturated rings. The van der Waals surface area contributed by atoms with Gasteiger partial charge in [0, 0.05) is 12.6 Å². The number of halogens is 1. The predicted molar refractivity (Wildman–Crippen MR) is 103 cm³/mol. The van der Waals surface area contributed by atoms with Crippen LogP contribution in [0.5, 0.6) is 0 Å². The van der Waals surface area contributed by atoms with Crippen LogP contribution in [0.3, 0.4) is 0 Å². The van der Waals surface area contributed by atoms with Crippen molar-refractivity contribution >= 4 is 34.3 Å². The summed E-state index contributed by atoms with van der Waals surface area (Å²) in [4.78, 5) is 0. The molecule has 0 aliphatic carbocycles. The molecule has 4 rings (SSSR count). The maximum atomic E-state index is 4.66. The molecule has 0 saturated carbocycles. The fourth-order valence-corrected chi connectivity index (χ4v) is 2.40. The Labute approximate surface area is 156 Å². The van der Waals surface area contributed by atoms with Gasteiger partial charge in [0.2, 0.25) is 0 Å². The van der Waals surface area contributed by atoms with Crippen LogP contribution in [0.25, 0.3) is 0 Å². The van der Waals surface area contributed by atoms with Crippen molar-refractivity contribution in [2.75, 3.05) is 12.2 Å². The van der Waals surface area contributed by atoms with Crippen LogP contribution in [-0.2, 0) is 0 Å². The predicted octanol–water partition coefficient (Wildman–Crippen LogP) is 2.08. The first kappa shape index (κ1) is 17.1. The molecule has 2 aliphatic heterocycles. The van der Waals surface area contributed by atoms with Crippen LogP contribution in [0, 0.1) is 0 Å². The van der Waals surface area contributed by atoms with Crippen molar-refractivity contribution in [2.24, 2.45) is 10.2 Å². The molecule has 0 unspecified atom stereocenters. The molecule has 0 saturated heterocycles. The average molecular weight is 403 g/mol. The first-order valence-corrected chi connectivity index (χ1v) is 7.63. The average Bonchev–Trinajstić information content (AvgIpc) is 3.21. The summed E-state index contributed by atoms with van der Waals surface area (Å²) >= 11 is 0. The molecule has 0 aromatic heterocycles. The smallest absolute Gasteiger partial charge is 0.177 e. The first-order chi connectivity index (χ1) is 11.7. The van der Waals surface area contributed by atoms with Crippen molar-refractivity contribution in [2.45, 2.75) is 6.92 Å². The first-order valence-electron chi connectivity index (χ1n) is 7.63. The standard InChI is InChI=1S/C16H18N8.BrH/c1-13-17-23(20-21(13)2)24-19-16(14-9-5-3-6-10-14)18-22(24)15-11-7-4-8-12-15;/h3-12,20H,1-2H3,(H,18,19);1H. The lowest BCUT2D eigenvalue weighted by molar-refractivity contribution is -0.0939. The Morgan fingerprint density at radius 3 is 2.12 bits per heavy atom. The maximum Gasteiger partial charge on any atom is 0.177 e. The van der Waals surface area contributed by atoms with Crippen LogP contribution in [-0.4, -0.2) is 34.2 Å². The zero-order chi connectivity index (χ0) is 16.5. The zero-order valence-electron chi connectivity index (χ0n) is 13.9. The molecule has 9 heteroatoms. The molecule has 2 N–H and O–H groups in total.